The van der Waals surface area contributed by atoms with Gasteiger partial charge in [-0.05, 0) is 27.2 Å². The van der Waals surface area contributed by atoms with Gasteiger partial charge in [0.05, 0.1) is 17.2 Å². The molecule has 0 aliphatic carbocycles. The SMILES string of the molecule is Cc1nn(C)c(C)c1C(C)NC1CCS(=O)(=O)C1. The van der Waals surface area contributed by atoms with E-state index in [0.717, 1.165) is 11.4 Å². The number of hydrogen-bond acceptors (Lipinski definition) is 4. The second-order valence-electron chi connectivity index (χ2n) is 5.20. The quantitative estimate of drug-likeness (QED) is 0.886. The fraction of sp³-hybridized carbons (Fsp3) is 0.750. The number of aryl methyl sites for hydroxylation is 2. The molecule has 0 bridgehead atoms. The molecule has 1 aliphatic rings. The molecule has 1 N–H and O–H groups in total. The zero-order valence-corrected chi connectivity index (χ0v) is 12.2. The van der Waals surface area contributed by atoms with Crippen molar-refractivity contribution in [2.45, 2.75) is 39.3 Å². The van der Waals surface area contributed by atoms with Crippen LogP contribution >= 0.6 is 0 Å². The molecule has 0 spiro atoms. The molecule has 2 rings (SSSR count). The largest absolute Gasteiger partial charge is 0.306 e. The van der Waals surface area contributed by atoms with Crippen LogP contribution in [0.3, 0.4) is 0 Å². The molecule has 0 amide bonds. The lowest BCUT2D eigenvalue weighted by Gasteiger charge is -2.19. The molecule has 2 heterocycles. The van der Waals surface area contributed by atoms with Gasteiger partial charge in [-0.1, -0.05) is 0 Å². The van der Waals surface area contributed by atoms with Crippen molar-refractivity contribution in [2.75, 3.05) is 11.5 Å². The van der Waals surface area contributed by atoms with E-state index in [0.29, 0.717) is 12.2 Å². The van der Waals surface area contributed by atoms with Crippen LogP contribution < -0.4 is 5.32 Å². The second-order valence-corrected chi connectivity index (χ2v) is 7.43. The summed E-state index contributed by atoms with van der Waals surface area (Å²) in [6.45, 7) is 6.10. The van der Waals surface area contributed by atoms with Gasteiger partial charge in [-0.25, -0.2) is 8.42 Å². The third kappa shape index (κ3) is 2.59. The lowest BCUT2D eigenvalue weighted by Crippen LogP contribution is -2.32. The molecule has 1 aliphatic heterocycles. The minimum absolute atomic E-state index is 0.0732. The van der Waals surface area contributed by atoms with E-state index in [1.165, 1.54) is 5.56 Å². The number of nitrogens with one attached hydrogen (secondary N) is 1. The summed E-state index contributed by atoms with van der Waals surface area (Å²) in [6.07, 6.45) is 0.713. The predicted molar refractivity (Wildman–Crippen MR) is 71.3 cm³/mol. The fourth-order valence-electron chi connectivity index (χ4n) is 2.78. The average Bonchev–Trinajstić information content (AvgIpc) is 2.68. The van der Waals surface area contributed by atoms with Gasteiger partial charge in [0, 0.05) is 30.4 Å². The Bertz CT molecular complexity index is 548. The molecular weight excluding hydrogens is 250 g/mol. The number of nitrogens with zero attached hydrogens (tertiary/aromatic N) is 2. The molecule has 6 heteroatoms. The number of hydrogen-bond donors (Lipinski definition) is 1. The van der Waals surface area contributed by atoms with Gasteiger partial charge < -0.3 is 5.32 Å². The second kappa shape index (κ2) is 4.66. The van der Waals surface area contributed by atoms with E-state index >= 15 is 0 Å². The Morgan fingerprint density at radius 3 is 2.56 bits per heavy atom. The average molecular weight is 271 g/mol. The van der Waals surface area contributed by atoms with Crippen LogP contribution in [0.25, 0.3) is 0 Å². The van der Waals surface area contributed by atoms with E-state index < -0.39 is 9.84 Å². The van der Waals surface area contributed by atoms with Gasteiger partial charge in [-0.15, -0.1) is 0 Å². The summed E-state index contributed by atoms with van der Waals surface area (Å²) >= 11 is 0. The van der Waals surface area contributed by atoms with Crippen molar-refractivity contribution >= 4 is 9.84 Å². The molecule has 1 aromatic heterocycles. The Morgan fingerprint density at radius 1 is 1.44 bits per heavy atom. The van der Waals surface area contributed by atoms with E-state index in [1.54, 1.807) is 0 Å². The van der Waals surface area contributed by atoms with Crippen molar-refractivity contribution in [1.29, 1.82) is 0 Å². The number of rotatable bonds is 3. The van der Waals surface area contributed by atoms with Crippen LogP contribution in [0.4, 0.5) is 0 Å². The van der Waals surface area contributed by atoms with Crippen molar-refractivity contribution in [3.05, 3.63) is 17.0 Å². The van der Waals surface area contributed by atoms with Gasteiger partial charge in [-0.3, -0.25) is 4.68 Å². The van der Waals surface area contributed by atoms with Crippen molar-refractivity contribution in [3.63, 3.8) is 0 Å². The Balaban J connectivity index is 2.11. The topological polar surface area (TPSA) is 64.0 Å². The van der Waals surface area contributed by atoms with E-state index in [9.17, 15) is 8.42 Å². The Kier molecular flexibility index (Phi) is 3.51. The Labute approximate surface area is 108 Å². The molecule has 5 nitrogen and oxygen atoms in total. The molecule has 0 radical (unpaired) electrons. The van der Waals surface area contributed by atoms with Crippen molar-refractivity contribution in [2.24, 2.45) is 7.05 Å². The summed E-state index contributed by atoms with van der Waals surface area (Å²) in [4.78, 5) is 0. The van der Waals surface area contributed by atoms with Crippen LogP contribution in [0.5, 0.6) is 0 Å². The number of aromatic nitrogens is 2. The summed E-state index contributed by atoms with van der Waals surface area (Å²) < 4.78 is 24.8. The first-order valence-corrected chi connectivity index (χ1v) is 8.09. The summed E-state index contributed by atoms with van der Waals surface area (Å²) in [5.41, 5.74) is 3.33. The van der Waals surface area contributed by atoms with Crippen molar-refractivity contribution < 1.29 is 8.42 Å². The highest BCUT2D eigenvalue weighted by Crippen LogP contribution is 2.23. The Hall–Kier alpha value is -0.880. The van der Waals surface area contributed by atoms with Crippen LogP contribution in [-0.4, -0.2) is 35.7 Å². The molecule has 2 unspecified atom stereocenters. The van der Waals surface area contributed by atoms with Crippen LogP contribution in [0.15, 0.2) is 0 Å². The van der Waals surface area contributed by atoms with E-state index in [-0.39, 0.29) is 17.8 Å². The molecule has 1 aromatic rings. The fourth-order valence-corrected chi connectivity index (χ4v) is 4.47. The maximum Gasteiger partial charge on any atom is 0.151 e. The van der Waals surface area contributed by atoms with Crippen LogP contribution in [-0.2, 0) is 16.9 Å². The first kappa shape index (κ1) is 13.5. The van der Waals surface area contributed by atoms with Crippen molar-refractivity contribution in [3.8, 4) is 0 Å². The van der Waals surface area contributed by atoms with Crippen LogP contribution in [0.2, 0.25) is 0 Å². The summed E-state index contributed by atoms with van der Waals surface area (Å²) in [6, 6.07) is 0.209. The molecule has 0 aromatic carbocycles. The molecule has 102 valence electrons. The van der Waals surface area contributed by atoms with Crippen LogP contribution in [0, 0.1) is 13.8 Å². The van der Waals surface area contributed by atoms with Crippen molar-refractivity contribution in [1.82, 2.24) is 15.1 Å². The lowest BCUT2D eigenvalue weighted by atomic mass is 10.1. The molecule has 18 heavy (non-hydrogen) atoms. The zero-order valence-electron chi connectivity index (χ0n) is 11.4. The summed E-state index contributed by atoms with van der Waals surface area (Å²) in [7, 11) is -0.893. The smallest absolute Gasteiger partial charge is 0.151 e. The third-order valence-corrected chi connectivity index (χ3v) is 5.48. The first-order chi connectivity index (χ1) is 8.30. The first-order valence-electron chi connectivity index (χ1n) is 6.26. The van der Waals surface area contributed by atoms with Gasteiger partial charge in [0.2, 0.25) is 0 Å². The van der Waals surface area contributed by atoms with E-state index in [4.69, 9.17) is 0 Å². The van der Waals surface area contributed by atoms with E-state index in [1.807, 2.05) is 25.6 Å². The van der Waals surface area contributed by atoms with Gasteiger partial charge in [0.15, 0.2) is 9.84 Å². The molecule has 2 atom stereocenters. The Morgan fingerprint density at radius 2 is 2.11 bits per heavy atom. The maximum absolute atomic E-state index is 11.4. The monoisotopic (exact) mass is 271 g/mol. The van der Waals surface area contributed by atoms with Gasteiger partial charge in [-0.2, -0.15) is 5.10 Å². The zero-order chi connectivity index (χ0) is 13.5. The standard InChI is InChI=1S/C12H21N3O2S/c1-8(12-9(2)14-15(4)10(12)3)13-11-5-6-18(16,17)7-11/h8,11,13H,5-7H2,1-4H3. The maximum atomic E-state index is 11.4. The van der Waals surface area contributed by atoms with Crippen LogP contribution in [0.1, 0.15) is 36.3 Å². The summed E-state index contributed by atoms with van der Waals surface area (Å²) in [5.74, 6) is 0.568. The highest BCUT2D eigenvalue weighted by Gasteiger charge is 2.29. The van der Waals surface area contributed by atoms with Gasteiger partial charge >= 0.3 is 0 Å². The minimum Gasteiger partial charge on any atom is -0.306 e. The highest BCUT2D eigenvalue weighted by atomic mass is 32.2. The molecular formula is C12H21N3O2S. The van der Waals surface area contributed by atoms with Gasteiger partial charge in [0.25, 0.3) is 0 Å². The predicted octanol–water partition coefficient (Wildman–Crippen LogP) is 0.875. The molecule has 0 saturated carbocycles. The van der Waals surface area contributed by atoms with Gasteiger partial charge in [0.1, 0.15) is 0 Å². The number of sulfone groups is 1. The molecule has 1 saturated heterocycles. The molecule has 1 fully saturated rings. The third-order valence-electron chi connectivity index (χ3n) is 3.72. The summed E-state index contributed by atoms with van der Waals surface area (Å²) in [5, 5.41) is 7.81. The van der Waals surface area contributed by atoms with E-state index in [2.05, 4.69) is 17.3 Å². The minimum atomic E-state index is -2.82. The normalized spacial score (nSPS) is 24.3. The lowest BCUT2D eigenvalue weighted by molar-refractivity contribution is 0.482. The highest BCUT2D eigenvalue weighted by molar-refractivity contribution is 7.91.